The molecule has 4 saturated carbocycles. The van der Waals surface area contributed by atoms with Crippen LogP contribution in [-0.4, -0.2) is 23.2 Å². The van der Waals surface area contributed by atoms with Crippen LogP contribution in [0.1, 0.15) is 65.7 Å². The number of aliphatic hydroxyl groups is 1. The minimum Gasteiger partial charge on any atom is -0.393 e. The molecule has 4 fully saturated rings. The van der Waals surface area contributed by atoms with Gasteiger partial charge in [0.2, 0.25) is 0 Å². The number of carbonyl (C=O) groups excluding carboxylic acids is 1. The van der Waals surface area contributed by atoms with Crippen LogP contribution in [0.25, 0.3) is 0 Å². The van der Waals surface area contributed by atoms with Crippen molar-refractivity contribution in [2.75, 3.05) is 0 Å². The van der Waals surface area contributed by atoms with Crippen LogP contribution < -0.4 is 0 Å². The quantitative estimate of drug-likeness (QED) is 0.705. The predicted molar refractivity (Wildman–Crippen MR) is 101 cm³/mol. The van der Waals surface area contributed by atoms with E-state index < -0.39 is 12.3 Å². The smallest absolute Gasteiger partial charge is 0.170 e. The summed E-state index contributed by atoms with van der Waals surface area (Å²) in [4.78, 5) is 13.0. The standard InChI is InChI=1S/C23H35FO2/c1-5-13(2)15-6-7-16-19-17(9-11-22(15,16)3)23(4)10-8-14(25)12-18(23)21(26)20(19)24/h5,13-20,25H,1,6-12H2,2-4H3/t13-,14-,15-,16+,17+,18-,19+,20+,22-,23-/m1/s1. The average molecular weight is 363 g/mol. The van der Waals surface area contributed by atoms with E-state index in [-0.39, 0.29) is 28.4 Å². The van der Waals surface area contributed by atoms with Crippen molar-refractivity contribution in [2.24, 2.45) is 46.3 Å². The van der Waals surface area contributed by atoms with Crippen LogP contribution in [0.2, 0.25) is 0 Å². The molecule has 0 radical (unpaired) electrons. The highest BCUT2D eigenvalue weighted by Crippen LogP contribution is 2.68. The van der Waals surface area contributed by atoms with Gasteiger partial charge in [0, 0.05) is 11.8 Å². The van der Waals surface area contributed by atoms with E-state index in [9.17, 15) is 9.90 Å². The van der Waals surface area contributed by atoms with Gasteiger partial charge in [0.15, 0.2) is 12.0 Å². The number of rotatable bonds is 2. The molecule has 10 atom stereocenters. The molecule has 3 heteroatoms. The van der Waals surface area contributed by atoms with Crippen LogP contribution in [0, 0.1) is 46.3 Å². The molecule has 0 bridgehead atoms. The van der Waals surface area contributed by atoms with E-state index in [0.29, 0.717) is 30.1 Å². The maximum atomic E-state index is 15.5. The molecule has 146 valence electrons. The maximum Gasteiger partial charge on any atom is 0.170 e. The van der Waals surface area contributed by atoms with Gasteiger partial charge in [-0.05, 0) is 79.4 Å². The summed E-state index contributed by atoms with van der Waals surface area (Å²) in [5.74, 6) is 1.03. The number of halogens is 1. The fourth-order valence-corrected chi connectivity index (χ4v) is 8.02. The average Bonchev–Trinajstić information content (AvgIpc) is 2.97. The Morgan fingerprint density at radius 1 is 1.15 bits per heavy atom. The fourth-order valence-electron chi connectivity index (χ4n) is 8.02. The summed E-state index contributed by atoms with van der Waals surface area (Å²) in [7, 11) is 0. The lowest BCUT2D eigenvalue weighted by atomic mass is 9.43. The predicted octanol–water partition coefficient (Wildman–Crippen LogP) is 4.96. The SMILES string of the molecule is C=C[C@@H](C)[C@H]1CC[C@H]2[C@@H]3[C@H](F)C(=O)[C@H]4C[C@H](O)CC[C@]4(C)[C@H]3CC[C@]12C. The van der Waals surface area contributed by atoms with Gasteiger partial charge in [-0.25, -0.2) is 4.39 Å². The molecule has 2 nitrogen and oxygen atoms in total. The summed E-state index contributed by atoms with van der Waals surface area (Å²) in [6, 6.07) is 0. The van der Waals surface area contributed by atoms with Crippen molar-refractivity contribution in [2.45, 2.75) is 78.0 Å². The van der Waals surface area contributed by atoms with E-state index >= 15 is 4.39 Å². The van der Waals surface area contributed by atoms with Gasteiger partial charge in [-0.1, -0.05) is 26.8 Å². The lowest BCUT2D eigenvalue weighted by molar-refractivity contribution is -0.175. The van der Waals surface area contributed by atoms with Gasteiger partial charge in [-0.15, -0.1) is 6.58 Å². The Kier molecular flexibility index (Phi) is 4.42. The van der Waals surface area contributed by atoms with E-state index in [1.807, 2.05) is 0 Å². The Morgan fingerprint density at radius 2 is 1.81 bits per heavy atom. The topological polar surface area (TPSA) is 37.3 Å². The first-order chi connectivity index (χ1) is 12.2. The van der Waals surface area contributed by atoms with Crippen LogP contribution in [-0.2, 0) is 4.79 Å². The van der Waals surface area contributed by atoms with Gasteiger partial charge in [0.05, 0.1) is 6.10 Å². The molecular weight excluding hydrogens is 327 g/mol. The summed E-state index contributed by atoms with van der Waals surface area (Å²) < 4.78 is 15.5. The van der Waals surface area contributed by atoms with Crippen molar-refractivity contribution >= 4 is 5.78 Å². The molecule has 0 aliphatic heterocycles. The lowest BCUT2D eigenvalue weighted by Gasteiger charge is -2.61. The first kappa shape index (κ1) is 18.7. The van der Waals surface area contributed by atoms with Crippen LogP contribution in [0.4, 0.5) is 4.39 Å². The van der Waals surface area contributed by atoms with Gasteiger partial charge < -0.3 is 5.11 Å². The third-order valence-corrected chi connectivity index (χ3v) is 9.53. The van der Waals surface area contributed by atoms with Crippen molar-refractivity contribution in [3.05, 3.63) is 12.7 Å². The zero-order valence-corrected chi connectivity index (χ0v) is 16.6. The van der Waals surface area contributed by atoms with E-state index in [2.05, 4.69) is 33.4 Å². The molecular formula is C23H35FO2. The Balaban J connectivity index is 1.70. The highest BCUT2D eigenvalue weighted by Gasteiger charge is 2.65. The number of carbonyl (C=O) groups is 1. The van der Waals surface area contributed by atoms with Crippen molar-refractivity contribution in [3.63, 3.8) is 0 Å². The summed E-state index contributed by atoms with van der Waals surface area (Å²) >= 11 is 0. The van der Waals surface area contributed by atoms with Crippen LogP contribution in [0.15, 0.2) is 12.7 Å². The third kappa shape index (κ3) is 2.34. The van der Waals surface area contributed by atoms with E-state index in [1.165, 1.54) is 0 Å². The number of hydrogen-bond donors (Lipinski definition) is 1. The lowest BCUT2D eigenvalue weighted by Crippen LogP contribution is -2.61. The van der Waals surface area contributed by atoms with Crippen molar-refractivity contribution in [1.82, 2.24) is 0 Å². The van der Waals surface area contributed by atoms with Gasteiger partial charge >= 0.3 is 0 Å². The maximum absolute atomic E-state index is 15.5. The zero-order chi connectivity index (χ0) is 18.9. The van der Waals surface area contributed by atoms with E-state index in [4.69, 9.17) is 0 Å². The second-order valence-corrected chi connectivity index (χ2v) is 10.4. The third-order valence-electron chi connectivity index (χ3n) is 9.53. The number of alkyl halides is 1. The molecule has 0 amide bonds. The molecule has 0 unspecified atom stereocenters. The van der Waals surface area contributed by atoms with Crippen LogP contribution in [0.3, 0.4) is 0 Å². The minimum atomic E-state index is -1.33. The number of fused-ring (bicyclic) bond motifs is 5. The number of aliphatic hydroxyl groups excluding tert-OH is 1. The normalized spacial score (nSPS) is 54.8. The highest BCUT2D eigenvalue weighted by molar-refractivity contribution is 5.87. The molecule has 4 aliphatic rings. The zero-order valence-electron chi connectivity index (χ0n) is 16.6. The molecule has 26 heavy (non-hydrogen) atoms. The van der Waals surface area contributed by atoms with Gasteiger partial charge in [-0.2, -0.15) is 0 Å². The summed E-state index contributed by atoms with van der Waals surface area (Å²) in [5.41, 5.74) is 0.0177. The van der Waals surface area contributed by atoms with Gasteiger partial charge in [0.1, 0.15) is 0 Å². The summed E-state index contributed by atoms with van der Waals surface area (Å²) in [5, 5.41) is 10.1. The highest BCUT2D eigenvalue weighted by atomic mass is 19.1. The Bertz CT molecular complexity index is 603. The fraction of sp³-hybridized carbons (Fsp3) is 0.870. The number of Topliss-reactive ketones (excluding diaryl/α,β-unsaturated/α-hetero) is 1. The Morgan fingerprint density at radius 3 is 2.50 bits per heavy atom. The van der Waals surface area contributed by atoms with Crippen LogP contribution >= 0.6 is 0 Å². The molecule has 0 aromatic rings. The molecule has 4 aliphatic carbocycles. The molecule has 4 rings (SSSR count). The van der Waals surface area contributed by atoms with Crippen molar-refractivity contribution in [1.29, 1.82) is 0 Å². The van der Waals surface area contributed by atoms with E-state index in [0.717, 1.165) is 38.5 Å². The largest absolute Gasteiger partial charge is 0.393 e. The monoisotopic (exact) mass is 362 g/mol. The van der Waals surface area contributed by atoms with E-state index in [1.54, 1.807) is 0 Å². The number of ketones is 1. The molecule has 1 N–H and O–H groups in total. The summed E-state index contributed by atoms with van der Waals surface area (Å²) in [6.45, 7) is 10.8. The molecule has 0 aromatic heterocycles. The van der Waals surface area contributed by atoms with Gasteiger partial charge in [-0.3, -0.25) is 4.79 Å². The minimum absolute atomic E-state index is 0.111. The van der Waals surface area contributed by atoms with Crippen molar-refractivity contribution < 1.29 is 14.3 Å². The Labute approximate surface area is 157 Å². The number of allylic oxidation sites excluding steroid dienone is 1. The van der Waals surface area contributed by atoms with Crippen LogP contribution in [0.5, 0.6) is 0 Å². The van der Waals surface area contributed by atoms with Crippen molar-refractivity contribution in [3.8, 4) is 0 Å². The number of hydrogen-bond acceptors (Lipinski definition) is 2. The Hall–Kier alpha value is -0.700. The molecule has 0 aromatic carbocycles. The second-order valence-electron chi connectivity index (χ2n) is 10.4. The summed E-state index contributed by atoms with van der Waals surface area (Å²) in [6.07, 6.45) is 6.77. The first-order valence-corrected chi connectivity index (χ1v) is 10.7. The second kappa shape index (κ2) is 6.15. The first-order valence-electron chi connectivity index (χ1n) is 10.7. The molecule has 0 saturated heterocycles. The van der Waals surface area contributed by atoms with Gasteiger partial charge in [0.25, 0.3) is 0 Å². The molecule has 0 heterocycles. The molecule has 0 spiro atoms.